The number of hydrogen-bond acceptors (Lipinski definition) is 4. The molecule has 1 aromatic heterocycles. The molecule has 0 saturated carbocycles. The van der Waals surface area contributed by atoms with Crippen molar-refractivity contribution in [1.29, 1.82) is 0 Å². The highest BCUT2D eigenvalue weighted by molar-refractivity contribution is 7.94. The number of hydrogen-bond donors (Lipinski definition) is 1. The average Bonchev–Trinajstić information content (AvgIpc) is 3.25. The summed E-state index contributed by atoms with van der Waals surface area (Å²) in [6.45, 7) is 6.05. The van der Waals surface area contributed by atoms with Crippen LogP contribution in [-0.4, -0.2) is 21.4 Å². The van der Waals surface area contributed by atoms with Gasteiger partial charge in [-0.25, -0.2) is 8.42 Å². The van der Waals surface area contributed by atoms with E-state index in [2.05, 4.69) is 18.3 Å². The summed E-state index contributed by atoms with van der Waals surface area (Å²) in [5, 5.41) is 4.72. The van der Waals surface area contributed by atoms with E-state index in [4.69, 9.17) is 0 Å². The van der Waals surface area contributed by atoms with E-state index >= 15 is 0 Å². The Morgan fingerprint density at radius 1 is 1.03 bits per heavy atom. The van der Waals surface area contributed by atoms with E-state index in [1.807, 2.05) is 26.0 Å². The molecule has 1 unspecified atom stereocenters. The van der Waals surface area contributed by atoms with Gasteiger partial charge in [0, 0.05) is 12.6 Å². The van der Waals surface area contributed by atoms with Crippen molar-refractivity contribution in [3.8, 4) is 0 Å². The van der Waals surface area contributed by atoms with Gasteiger partial charge in [-0.2, -0.15) is 0 Å². The molecule has 2 aromatic carbocycles. The topological polar surface area (TPSA) is 66.5 Å². The molecule has 1 amide bonds. The third-order valence-corrected chi connectivity index (χ3v) is 8.14. The normalized spacial score (nSPS) is 12.4. The molecule has 3 aromatic rings. The maximum Gasteiger partial charge on any atom is 0.273 e. The third kappa shape index (κ3) is 4.52. The van der Waals surface area contributed by atoms with Gasteiger partial charge in [-0.05, 0) is 73.2 Å². The van der Waals surface area contributed by atoms with Gasteiger partial charge in [0.2, 0.25) is 0 Å². The molecule has 152 valence electrons. The van der Waals surface area contributed by atoms with Crippen LogP contribution in [0.4, 0.5) is 5.69 Å². The SMILES string of the molecule is Cc1ccc(C(C)NC(=O)c2ccc(N(C)S(=O)(=O)c3cccs3)cc2)cc1C. The standard InChI is InChI=1S/C22H24N2O3S2/c1-15-7-8-19(14-16(15)2)17(3)23-22(25)18-9-11-20(12-10-18)24(4)29(26,27)21-6-5-13-28-21/h5-14,17H,1-4H3,(H,23,25). The number of nitrogens with zero attached hydrogens (tertiary/aromatic N) is 1. The Bertz CT molecular complexity index is 1110. The minimum Gasteiger partial charge on any atom is -0.346 e. The first-order valence-corrected chi connectivity index (χ1v) is 11.5. The Labute approximate surface area is 176 Å². The number of carbonyl (C=O) groups is 1. The zero-order valence-electron chi connectivity index (χ0n) is 16.8. The predicted molar refractivity (Wildman–Crippen MR) is 118 cm³/mol. The molecule has 29 heavy (non-hydrogen) atoms. The fourth-order valence-electron chi connectivity index (χ4n) is 2.90. The monoisotopic (exact) mass is 428 g/mol. The maximum atomic E-state index is 12.6. The van der Waals surface area contributed by atoms with Crippen LogP contribution in [0.2, 0.25) is 0 Å². The summed E-state index contributed by atoms with van der Waals surface area (Å²) in [4.78, 5) is 12.6. The number of benzene rings is 2. The number of thiophene rings is 1. The summed E-state index contributed by atoms with van der Waals surface area (Å²) in [5.74, 6) is -0.203. The van der Waals surface area contributed by atoms with Gasteiger partial charge in [0.1, 0.15) is 4.21 Å². The van der Waals surface area contributed by atoms with Crippen LogP contribution in [0.3, 0.4) is 0 Å². The predicted octanol–water partition coefficient (Wildman–Crippen LogP) is 4.68. The number of rotatable bonds is 6. The molecule has 0 radical (unpaired) electrons. The second-order valence-electron chi connectivity index (χ2n) is 6.99. The van der Waals surface area contributed by atoms with Crippen LogP contribution >= 0.6 is 11.3 Å². The van der Waals surface area contributed by atoms with Crippen molar-refractivity contribution in [2.45, 2.75) is 31.0 Å². The Morgan fingerprint density at radius 2 is 1.72 bits per heavy atom. The van der Waals surface area contributed by atoms with Crippen LogP contribution in [0, 0.1) is 13.8 Å². The van der Waals surface area contributed by atoms with E-state index in [9.17, 15) is 13.2 Å². The average molecular weight is 429 g/mol. The molecule has 0 spiro atoms. The first kappa shape index (κ1) is 21.1. The van der Waals surface area contributed by atoms with Crippen molar-refractivity contribution in [3.63, 3.8) is 0 Å². The molecule has 0 fully saturated rings. The highest BCUT2D eigenvalue weighted by atomic mass is 32.2. The van der Waals surface area contributed by atoms with E-state index in [1.165, 1.54) is 33.8 Å². The van der Waals surface area contributed by atoms with Gasteiger partial charge in [-0.15, -0.1) is 11.3 Å². The summed E-state index contributed by atoms with van der Waals surface area (Å²) in [5.41, 5.74) is 4.41. The Hall–Kier alpha value is -2.64. The van der Waals surface area contributed by atoms with E-state index < -0.39 is 10.0 Å². The van der Waals surface area contributed by atoms with Gasteiger partial charge < -0.3 is 5.32 Å². The highest BCUT2D eigenvalue weighted by Gasteiger charge is 2.22. The van der Waals surface area contributed by atoms with Gasteiger partial charge in [-0.3, -0.25) is 9.10 Å². The minimum absolute atomic E-state index is 0.136. The lowest BCUT2D eigenvalue weighted by Gasteiger charge is -2.19. The third-order valence-electron chi connectivity index (χ3n) is 4.98. The summed E-state index contributed by atoms with van der Waals surface area (Å²) in [6.07, 6.45) is 0. The van der Waals surface area contributed by atoms with Crippen LogP contribution in [0.15, 0.2) is 64.2 Å². The number of sulfonamides is 1. The van der Waals surface area contributed by atoms with Crippen LogP contribution in [0.25, 0.3) is 0 Å². The summed E-state index contributed by atoms with van der Waals surface area (Å²) >= 11 is 1.17. The summed E-state index contributed by atoms with van der Waals surface area (Å²) in [7, 11) is -2.09. The number of carbonyl (C=O) groups excluding carboxylic acids is 1. The van der Waals surface area contributed by atoms with Gasteiger partial charge in [-0.1, -0.05) is 24.3 Å². The molecule has 0 aliphatic carbocycles. The van der Waals surface area contributed by atoms with Gasteiger partial charge in [0.05, 0.1) is 11.7 Å². The van der Waals surface area contributed by atoms with Crippen molar-refractivity contribution in [2.24, 2.45) is 0 Å². The van der Waals surface area contributed by atoms with Crippen molar-refractivity contribution in [3.05, 3.63) is 82.2 Å². The molecule has 3 rings (SSSR count). The van der Waals surface area contributed by atoms with E-state index in [-0.39, 0.29) is 16.2 Å². The van der Waals surface area contributed by atoms with E-state index in [0.29, 0.717) is 11.3 Å². The quantitative estimate of drug-likeness (QED) is 0.620. The smallest absolute Gasteiger partial charge is 0.273 e. The molecule has 0 bridgehead atoms. The Balaban J connectivity index is 1.72. The van der Waals surface area contributed by atoms with E-state index in [0.717, 1.165) is 5.56 Å². The second-order valence-corrected chi connectivity index (χ2v) is 10.1. The number of aryl methyl sites for hydroxylation is 2. The molecule has 1 heterocycles. The lowest BCUT2D eigenvalue weighted by atomic mass is 10.0. The number of amides is 1. The van der Waals surface area contributed by atoms with Gasteiger partial charge >= 0.3 is 0 Å². The first-order chi connectivity index (χ1) is 13.7. The molecular formula is C22H24N2O3S2. The van der Waals surface area contributed by atoms with Crippen molar-refractivity contribution >= 4 is 33.0 Å². The Morgan fingerprint density at radius 3 is 2.31 bits per heavy atom. The molecule has 7 heteroatoms. The molecule has 1 atom stereocenters. The molecule has 0 aliphatic rings. The molecule has 0 saturated heterocycles. The summed E-state index contributed by atoms with van der Waals surface area (Å²) in [6, 6.07) is 15.8. The van der Waals surface area contributed by atoms with Crippen LogP contribution in [0.1, 0.15) is 40.0 Å². The molecule has 1 N–H and O–H groups in total. The van der Waals surface area contributed by atoms with Gasteiger partial charge in [0.15, 0.2) is 0 Å². The number of anilines is 1. The lowest BCUT2D eigenvalue weighted by Crippen LogP contribution is -2.27. The second kappa shape index (κ2) is 8.39. The minimum atomic E-state index is -3.59. The fraction of sp³-hybridized carbons (Fsp3) is 0.227. The van der Waals surface area contributed by atoms with Crippen molar-refractivity contribution in [1.82, 2.24) is 5.32 Å². The first-order valence-electron chi connectivity index (χ1n) is 9.20. The van der Waals surface area contributed by atoms with Crippen molar-refractivity contribution in [2.75, 3.05) is 11.4 Å². The van der Waals surface area contributed by atoms with Crippen LogP contribution in [-0.2, 0) is 10.0 Å². The zero-order chi connectivity index (χ0) is 21.2. The number of nitrogens with one attached hydrogen (secondary N) is 1. The molecule has 0 aliphatic heterocycles. The van der Waals surface area contributed by atoms with Crippen molar-refractivity contribution < 1.29 is 13.2 Å². The molecule has 5 nitrogen and oxygen atoms in total. The van der Waals surface area contributed by atoms with E-state index in [1.54, 1.807) is 41.8 Å². The largest absolute Gasteiger partial charge is 0.346 e. The maximum absolute atomic E-state index is 12.6. The summed E-state index contributed by atoms with van der Waals surface area (Å²) < 4.78 is 26.7. The fourth-order valence-corrected chi connectivity index (χ4v) is 5.26. The Kier molecular flexibility index (Phi) is 6.10. The van der Waals surface area contributed by atoms with Crippen LogP contribution < -0.4 is 9.62 Å². The lowest BCUT2D eigenvalue weighted by molar-refractivity contribution is 0.0940. The zero-order valence-corrected chi connectivity index (χ0v) is 18.5. The van der Waals surface area contributed by atoms with Crippen LogP contribution in [0.5, 0.6) is 0 Å². The van der Waals surface area contributed by atoms with Gasteiger partial charge in [0.25, 0.3) is 15.9 Å². The highest BCUT2D eigenvalue weighted by Crippen LogP contribution is 2.25. The molecular weight excluding hydrogens is 404 g/mol.